The Morgan fingerprint density at radius 1 is 1.54 bits per heavy atom. The number of carbonyl (C=O) groups is 1. The number of hydrogen-bond donors (Lipinski definition) is 4. The number of fused-ring (bicyclic) bond motifs is 1. The summed E-state index contributed by atoms with van der Waals surface area (Å²) in [4.78, 5) is 10.6. The summed E-state index contributed by atoms with van der Waals surface area (Å²) < 4.78 is 4.79. The SMILES string of the molecule is N=C1C(C(=O)O)=C(O)[C@H]2O[C@H]2[C@@H]1O. The molecule has 0 spiro atoms. The standard InChI is InChI=1S/C7H7NO5/c8-2-1(7(11)12)3(9)5-6(13-5)4(2)10/h4-6,8-10H,(H,11,12)/t4-,5-,6+/m1/s1. The molecule has 6 nitrogen and oxygen atoms in total. The van der Waals surface area contributed by atoms with E-state index in [0.29, 0.717) is 0 Å². The molecule has 13 heavy (non-hydrogen) atoms. The van der Waals surface area contributed by atoms with Crippen molar-refractivity contribution in [2.75, 3.05) is 0 Å². The molecule has 1 aliphatic carbocycles. The Morgan fingerprint density at radius 3 is 2.69 bits per heavy atom. The van der Waals surface area contributed by atoms with E-state index in [1.807, 2.05) is 0 Å². The number of ether oxygens (including phenoxy) is 1. The second-order valence-electron chi connectivity index (χ2n) is 2.95. The van der Waals surface area contributed by atoms with Crippen molar-refractivity contribution in [3.63, 3.8) is 0 Å². The number of hydrogen-bond acceptors (Lipinski definition) is 5. The molecule has 1 fully saturated rings. The van der Waals surface area contributed by atoms with Gasteiger partial charge in [0.15, 0.2) is 0 Å². The molecule has 2 rings (SSSR count). The zero-order chi connectivity index (χ0) is 9.75. The largest absolute Gasteiger partial charge is 0.508 e. The van der Waals surface area contributed by atoms with Crippen molar-refractivity contribution in [1.29, 1.82) is 5.41 Å². The second-order valence-corrected chi connectivity index (χ2v) is 2.95. The van der Waals surface area contributed by atoms with Crippen LogP contribution in [-0.2, 0) is 9.53 Å². The summed E-state index contributed by atoms with van der Waals surface area (Å²) in [5.41, 5.74) is -1.05. The van der Waals surface area contributed by atoms with Crippen molar-refractivity contribution in [3.8, 4) is 0 Å². The van der Waals surface area contributed by atoms with Crippen molar-refractivity contribution in [1.82, 2.24) is 0 Å². The molecular weight excluding hydrogens is 178 g/mol. The smallest absolute Gasteiger partial charge is 0.341 e. The zero-order valence-electron chi connectivity index (χ0n) is 6.39. The molecular formula is C7H7NO5. The Hall–Kier alpha value is -1.40. The van der Waals surface area contributed by atoms with Gasteiger partial charge in [0.05, 0.1) is 5.71 Å². The first-order valence-electron chi connectivity index (χ1n) is 3.62. The van der Waals surface area contributed by atoms with Gasteiger partial charge in [0.2, 0.25) is 0 Å². The molecule has 1 saturated heterocycles. The third-order valence-electron chi connectivity index (χ3n) is 2.14. The fourth-order valence-electron chi connectivity index (χ4n) is 1.40. The molecule has 6 heteroatoms. The molecule has 0 bridgehead atoms. The number of nitrogens with one attached hydrogen (secondary N) is 1. The number of aliphatic carboxylic acids is 1. The van der Waals surface area contributed by atoms with Gasteiger partial charge in [-0.3, -0.25) is 0 Å². The third-order valence-corrected chi connectivity index (χ3v) is 2.14. The first-order valence-corrected chi connectivity index (χ1v) is 3.62. The highest BCUT2D eigenvalue weighted by Crippen LogP contribution is 2.37. The quantitative estimate of drug-likeness (QED) is 0.393. The van der Waals surface area contributed by atoms with Gasteiger partial charge in [-0.05, 0) is 0 Å². The van der Waals surface area contributed by atoms with Crippen LogP contribution in [0.25, 0.3) is 0 Å². The predicted molar refractivity (Wildman–Crippen MR) is 39.7 cm³/mol. The number of carboxylic acid groups (broad SMARTS) is 1. The Labute approximate surface area is 72.6 Å². The van der Waals surface area contributed by atoms with Gasteiger partial charge in [0.25, 0.3) is 0 Å². The van der Waals surface area contributed by atoms with Gasteiger partial charge >= 0.3 is 5.97 Å². The Bertz CT molecular complexity index is 334. The minimum absolute atomic E-state index is 0.465. The molecule has 0 saturated carbocycles. The first-order chi connectivity index (χ1) is 6.04. The molecule has 0 aromatic rings. The number of rotatable bonds is 1. The fraction of sp³-hybridized carbons (Fsp3) is 0.429. The van der Waals surface area contributed by atoms with E-state index in [2.05, 4.69) is 0 Å². The minimum atomic E-state index is -1.42. The van der Waals surface area contributed by atoms with Gasteiger partial charge in [-0.2, -0.15) is 0 Å². The van der Waals surface area contributed by atoms with Crippen LogP contribution in [0.4, 0.5) is 0 Å². The van der Waals surface area contributed by atoms with Gasteiger partial charge in [-0.25, -0.2) is 4.79 Å². The molecule has 2 aliphatic rings. The van der Waals surface area contributed by atoms with Gasteiger partial charge in [-0.1, -0.05) is 0 Å². The van der Waals surface area contributed by atoms with Crippen LogP contribution in [0.2, 0.25) is 0 Å². The Morgan fingerprint density at radius 2 is 2.15 bits per heavy atom. The lowest BCUT2D eigenvalue weighted by Crippen LogP contribution is -2.36. The molecule has 0 radical (unpaired) electrons. The summed E-state index contributed by atoms with van der Waals surface area (Å²) in [6, 6.07) is 0. The summed E-state index contributed by atoms with van der Waals surface area (Å²) in [7, 11) is 0. The van der Waals surface area contributed by atoms with E-state index >= 15 is 0 Å². The van der Waals surface area contributed by atoms with Crippen molar-refractivity contribution in [3.05, 3.63) is 11.3 Å². The maximum Gasteiger partial charge on any atom is 0.341 e. The summed E-state index contributed by atoms with van der Waals surface area (Å²) in [6.45, 7) is 0. The summed E-state index contributed by atoms with van der Waals surface area (Å²) >= 11 is 0. The van der Waals surface area contributed by atoms with Crippen LogP contribution in [-0.4, -0.2) is 45.3 Å². The number of aliphatic hydroxyl groups excluding tert-OH is 2. The average Bonchev–Trinajstić information content (AvgIpc) is 2.79. The van der Waals surface area contributed by atoms with Gasteiger partial charge in [0.1, 0.15) is 29.6 Å². The molecule has 0 amide bonds. The minimum Gasteiger partial charge on any atom is -0.508 e. The molecule has 70 valence electrons. The molecule has 0 aromatic heterocycles. The lowest BCUT2D eigenvalue weighted by Gasteiger charge is -2.15. The molecule has 4 N–H and O–H groups in total. The highest BCUT2D eigenvalue weighted by Gasteiger charge is 2.55. The predicted octanol–water partition coefficient (Wildman–Crippen LogP) is -0.955. The van der Waals surface area contributed by atoms with Crippen molar-refractivity contribution in [2.24, 2.45) is 0 Å². The maximum absolute atomic E-state index is 10.6. The van der Waals surface area contributed by atoms with Gasteiger partial charge < -0.3 is 25.5 Å². The lowest BCUT2D eigenvalue weighted by atomic mass is 9.93. The van der Waals surface area contributed by atoms with E-state index in [0.717, 1.165) is 0 Å². The van der Waals surface area contributed by atoms with Crippen LogP contribution in [0.15, 0.2) is 11.3 Å². The van der Waals surface area contributed by atoms with Gasteiger partial charge in [-0.15, -0.1) is 0 Å². The van der Waals surface area contributed by atoms with Crippen LogP contribution in [0, 0.1) is 5.41 Å². The van der Waals surface area contributed by atoms with E-state index < -0.39 is 41.3 Å². The highest BCUT2D eigenvalue weighted by molar-refractivity contribution is 6.21. The Kier molecular flexibility index (Phi) is 1.45. The average molecular weight is 185 g/mol. The molecule has 0 unspecified atom stereocenters. The topological polar surface area (TPSA) is 114 Å². The van der Waals surface area contributed by atoms with Crippen molar-refractivity contribution >= 4 is 11.7 Å². The fourth-order valence-corrected chi connectivity index (χ4v) is 1.40. The first kappa shape index (κ1) is 8.21. The monoisotopic (exact) mass is 185 g/mol. The maximum atomic E-state index is 10.6. The van der Waals surface area contributed by atoms with E-state index in [-0.39, 0.29) is 0 Å². The number of aliphatic hydroxyl groups is 2. The molecule has 0 aromatic carbocycles. The summed E-state index contributed by atoms with van der Waals surface area (Å²) in [6.07, 6.45) is -2.63. The van der Waals surface area contributed by atoms with Crippen molar-refractivity contribution in [2.45, 2.75) is 18.3 Å². The Balaban J connectivity index is 2.45. The van der Waals surface area contributed by atoms with E-state index in [9.17, 15) is 15.0 Å². The van der Waals surface area contributed by atoms with Crippen LogP contribution < -0.4 is 0 Å². The van der Waals surface area contributed by atoms with E-state index in [1.165, 1.54) is 0 Å². The van der Waals surface area contributed by atoms with Crippen LogP contribution in [0.5, 0.6) is 0 Å². The van der Waals surface area contributed by atoms with E-state index in [4.69, 9.17) is 15.3 Å². The highest BCUT2D eigenvalue weighted by atomic mass is 16.6. The number of carboxylic acids is 1. The molecule has 1 heterocycles. The third kappa shape index (κ3) is 0.958. The molecule has 1 aliphatic heterocycles. The van der Waals surface area contributed by atoms with E-state index in [1.54, 1.807) is 0 Å². The number of epoxide rings is 1. The van der Waals surface area contributed by atoms with Gasteiger partial charge in [0, 0.05) is 0 Å². The lowest BCUT2D eigenvalue weighted by molar-refractivity contribution is -0.132. The van der Waals surface area contributed by atoms with Crippen LogP contribution >= 0.6 is 0 Å². The normalized spacial score (nSPS) is 37.3. The van der Waals surface area contributed by atoms with Crippen LogP contribution in [0.3, 0.4) is 0 Å². The second kappa shape index (κ2) is 2.30. The summed E-state index contributed by atoms with van der Waals surface area (Å²) in [5.74, 6) is -1.89. The van der Waals surface area contributed by atoms with Crippen molar-refractivity contribution < 1.29 is 24.9 Å². The summed E-state index contributed by atoms with van der Waals surface area (Å²) in [5, 5.41) is 34.4. The van der Waals surface area contributed by atoms with Crippen LogP contribution in [0.1, 0.15) is 0 Å². The molecule has 3 atom stereocenters. The zero-order valence-corrected chi connectivity index (χ0v) is 6.39.